The monoisotopic (exact) mass is 342 g/mol. The predicted molar refractivity (Wildman–Crippen MR) is 100 cm³/mol. The summed E-state index contributed by atoms with van der Waals surface area (Å²) in [5.74, 6) is 1.21. The Morgan fingerprint density at radius 1 is 0.917 bits per heavy atom. The molecule has 3 heterocycles. The highest BCUT2D eigenvalue weighted by atomic mass is 32.1. The lowest BCUT2D eigenvalue weighted by atomic mass is 9.94. The molecule has 0 spiro atoms. The number of hydrogen-bond acceptors (Lipinski definition) is 5. The molecule has 2 aromatic heterocycles. The van der Waals surface area contributed by atoms with Crippen LogP contribution in [0.4, 0.5) is 5.82 Å². The third kappa shape index (κ3) is 2.53. The Hall–Kier alpha value is -1.20. The molecule has 0 bridgehead atoms. The van der Waals surface area contributed by atoms with Crippen LogP contribution in [0.5, 0.6) is 0 Å². The Kier molecular flexibility index (Phi) is 3.94. The molecule has 2 aromatic rings. The van der Waals surface area contributed by atoms with E-state index in [0.29, 0.717) is 0 Å². The Balaban J connectivity index is 1.37. The van der Waals surface area contributed by atoms with E-state index in [4.69, 9.17) is 4.98 Å². The Bertz CT molecular complexity index is 726. The summed E-state index contributed by atoms with van der Waals surface area (Å²) >= 11 is 1.90. The van der Waals surface area contributed by atoms with Crippen molar-refractivity contribution in [3.63, 3.8) is 0 Å². The molecule has 0 aromatic carbocycles. The molecule has 0 atom stereocenters. The highest BCUT2D eigenvalue weighted by Crippen LogP contribution is 2.40. The minimum atomic E-state index is 0.844. The lowest BCUT2D eigenvalue weighted by Gasteiger charge is -2.41. The molecule has 5 heteroatoms. The summed E-state index contributed by atoms with van der Waals surface area (Å²) in [5.41, 5.74) is 1.56. The maximum Gasteiger partial charge on any atom is 0.141 e. The van der Waals surface area contributed by atoms with E-state index in [9.17, 15) is 0 Å². The van der Waals surface area contributed by atoms with Crippen LogP contribution in [0.2, 0.25) is 0 Å². The van der Waals surface area contributed by atoms with Crippen LogP contribution in [0, 0.1) is 0 Å². The number of fused-ring (bicyclic) bond motifs is 3. The standard InChI is InChI=1S/C19H26N4S/c1-2-5-14(6-3-1)22-9-11-23(12-10-22)18-17-15-7-4-8-16(15)24-19(17)21-13-20-18/h13-14H,1-12H2. The smallest absolute Gasteiger partial charge is 0.141 e. The molecule has 2 aliphatic carbocycles. The van der Waals surface area contributed by atoms with Gasteiger partial charge in [0.15, 0.2) is 0 Å². The Labute approximate surface area is 147 Å². The zero-order valence-corrected chi connectivity index (χ0v) is 15.2. The Morgan fingerprint density at radius 3 is 2.58 bits per heavy atom. The number of nitrogens with zero attached hydrogens (tertiary/aromatic N) is 4. The van der Waals surface area contributed by atoms with Crippen molar-refractivity contribution in [2.45, 2.75) is 57.4 Å². The van der Waals surface area contributed by atoms with Crippen molar-refractivity contribution in [3.05, 3.63) is 16.8 Å². The fraction of sp³-hybridized carbons (Fsp3) is 0.684. The molecule has 0 radical (unpaired) electrons. The van der Waals surface area contributed by atoms with Gasteiger partial charge < -0.3 is 4.90 Å². The summed E-state index contributed by atoms with van der Waals surface area (Å²) < 4.78 is 0. The largest absolute Gasteiger partial charge is 0.353 e. The van der Waals surface area contributed by atoms with Crippen molar-refractivity contribution in [2.24, 2.45) is 0 Å². The first-order valence-electron chi connectivity index (χ1n) is 9.64. The normalized spacial score (nSPS) is 23.1. The number of aromatic nitrogens is 2. The van der Waals surface area contributed by atoms with E-state index in [0.717, 1.165) is 19.1 Å². The van der Waals surface area contributed by atoms with Crippen molar-refractivity contribution in [3.8, 4) is 0 Å². The fourth-order valence-corrected chi connectivity index (χ4v) is 6.12. The van der Waals surface area contributed by atoms with Crippen molar-refractivity contribution in [1.29, 1.82) is 0 Å². The number of aryl methyl sites for hydroxylation is 2. The van der Waals surface area contributed by atoms with Crippen LogP contribution < -0.4 is 4.90 Å². The minimum absolute atomic E-state index is 0.844. The highest BCUT2D eigenvalue weighted by Gasteiger charge is 2.28. The molecule has 2 fully saturated rings. The average molecular weight is 343 g/mol. The molecular formula is C19H26N4S. The average Bonchev–Trinajstić information content (AvgIpc) is 3.23. The number of thiophene rings is 1. The molecule has 128 valence electrons. The quantitative estimate of drug-likeness (QED) is 0.834. The predicted octanol–water partition coefficient (Wildman–Crippen LogP) is 3.63. The van der Waals surface area contributed by atoms with E-state index >= 15 is 0 Å². The lowest BCUT2D eigenvalue weighted by molar-refractivity contribution is 0.148. The molecular weight excluding hydrogens is 316 g/mol. The molecule has 3 aliphatic rings. The van der Waals surface area contributed by atoms with E-state index in [1.165, 1.54) is 80.5 Å². The van der Waals surface area contributed by atoms with Crippen molar-refractivity contribution in [1.82, 2.24) is 14.9 Å². The first-order chi connectivity index (χ1) is 11.9. The molecule has 24 heavy (non-hydrogen) atoms. The number of rotatable bonds is 2. The van der Waals surface area contributed by atoms with Gasteiger partial charge in [-0.2, -0.15) is 0 Å². The molecule has 0 unspecified atom stereocenters. The minimum Gasteiger partial charge on any atom is -0.353 e. The zero-order valence-electron chi connectivity index (χ0n) is 14.3. The second-order valence-electron chi connectivity index (χ2n) is 7.55. The summed E-state index contributed by atoms with van der Waals surface area (Å²) in [4.78, 5) is 17.3. The van der Waals surface area contributed by atoms with Gasteiger partial charge >= 0.3 is 0 Å². The second-order valence-corrected chi connectivity index (χ2v) is 8.63. The van der Waals surface area contributed by atoms with E-state index in [-0.39, 0.29) is 0 Å². The number of anilines is 1. The van der Waals surface area contributed by atoms with Gasteiger partial charge in [-0.25, -0.2) is 9.97 Å². The van der Waals surface area contributed by atoms with Gasteiger partial charge in [0.2, 0.25) is 0 Å². The molecule has 5 rings (SSSR count). The van der Waals surface area contributed by atoms with Gasteiger partial charge in [-0.15, -0.1) is 11.3 Å². The van der Waals surface area contributed by atoms with Crippen LogP contribution in [0.25, 0.3) is 10.2 Å². The summed E-state index contributed by atoms with van der Waals surface area (Å²) in [6, 6.07) is 0.844. The molecule has 0 amide bonds. The van der Waals surface area contributed by atoms with Gasteiger partial charge in [0.1, 0.15) is 17.0 Å². The van der Waals surface area contributed by atoms with E-state index < -0.39 is 0 Å². The summed E-state index contributed by atoms with van der Waals surface area (Å²) in [5, 5.41) is 1.38. The molecule has 1 aliphatic heterocycles. The van der Waals surface area contributed by atoms with Crippen LogP contribution in [-0.2, 0) is 12.8 Å². The van der Waals surface area contributed by atoms with Crippen LogP contribution in [0.3, 0.4) is 0 Å². The molecule has 0 N–H and O–H groups in total. The van der Waals surface area contributed by atoms with Gasteiger partial charge in [-0.3, -0.25) is 4.90 Å². The fourth-order valence-electron chi connectivity index (χ4n) is 4.90. The van der Waals surface area contributed by atoms with Crippen molar-refractivity contribution >= 4 is 27.4 Å². The summed E-state index contributed by atoms with van der Waals surface area (Å²) in [7, 11) is 0. The topological polar surface area (TPSA) is 32.3 Å². The van der Waals surface area contributed by atoms with Gasteiger partial charge in [0.25, 0.3) is 0 Å². The third-order valence-electron chi connectivity index (χ3n) is 6.19. The van der Waals surface area contributed by atoms with Crippen molar-refractivity contribution < 1.29 is 0 Å². The van der Waals surface area contributed by atoms with E-state index in [2.05, 4.69) is 14.8 Å². The number of hydrogen-bond donors (Lipinski definition) is 0. The van der Waals surface area contributed by atoms with Gasteiger partial charge in [-0.1, -0.05) is 19.3 Å². The van der Waals surface area contributed by atoms with Crippen LogP contribution in [0.1, 0.15) is 49.0 Å². The SMILES string of the molecule is c1nc(N2CCN(C3CCCCC3)CC2)c2c3c(sc2n1)CCC3. The van der Waals surface area contributed by atoms with Crippen LogP contribution in [-0.4, -0.2) is 47.1 Å². The first kappa shape index (κ1) is 15.1. The van der Waals surface area contributed by atoms with Gasteiger partial charge in [0, 0.05) is 37.1 Å². The maximum atomic E-state index is 4.72. The molecule has 4 nitrogen and oxygen atoms in total. The lowest BCUT2D eigenvalue weighted by Crippen LogP contribution is -2.51. The van der Waals surface area contributed by atoms with Crippen LogP contribution in [0.15, 0.2) is 6.33 Å². The summed E-state index contributed by atoms with van der Waals surface area (Å²) in [6.45, 7) is 4.63. The third-order valence-corrected chi connectivity index (χ3v) is 7.39. The Morgan fingerprint density at radius 2 is 1.75 bits per heavy atom. The second kappa shape index (κ2) is 6.26. The van der Waals surface area contributed by atoms with E-state index in [1.807, 2.05) is 11.3 Å². The number of piperazine rings is 1. The maximum absolute atomic E-state index is 4.72. The van der Waals surface area contributed by atoms with Crippen molar-refractivity contribution in [2.75, 3.05) is 31.1 Å². The summed E-state index contributed by atoms with van der Waals surface area (Å²) in [6.07, 6.45) is 12.7. The van der Waals surface area contributed by atoms with Gasteiger partial charge in [0.05, 0.1) is 5.39 Å². The van der Waals surface area contributed by atoms with Gasteiger partial charge in [-0.05, 0) is 37.7 Å². The van der Waals surface area contributed by atoms with Crippen LogP contribution >= 0.6 is 11.3 Å². The highest BCUT2D eigenvalue weighted by molar-refractivity contribution is 7.19. The van der Waals surface area contributed by atoms with E-state index in [1.54, 1.807) is 16.8 Å². The zero-order chi connectivity index (χ0) is 15.9. The molecule has 1 saturated heterocycles. The molecule has 1 saturated carbocycles. The first-order valence-corrected chi connectivity index (χ1v) is 10.5.